The summed E-state index contributed by atoms with van der Waals surface area (Å²) >= 11 is 3.26. The van der Waals surface area contributed by atoms with Crippen LogP contribution in [0, 0.1) is 11.8 Å². The summed E-state index contributed by atoms with van der Waals surface area (Å²) < 4.78 is 28.1. The second kappa shape index (κ2) is 5.42. The fraction of sp³-hybridized carbons (Fsp3) is 0.538. The third kappa shape index (κ3) is 3.12. The molecule has 1 saturated carbocycles. The van der Waals surface area contributed by atoms with Crippen LogP contribution in [0.1, 0.15) is 26.7 Å². The highest BCUT2D eigenvalue weighted by Gasteiger charge is 2.33. The average Bonchev–Trinajstić information content (AvgIpc) is 2.64. The number of hydrogen-bond donors (Lipinski definition) is 2. The third-order valence-electron chi connectivity index (χ3n) is 4.05. The van der Waals surface area contributed by atoms with E-state index in [0.29, 0.717) is 22.0 Å². The molecule has 0 aromatic heterocycles. The molecule has 19 heavy (non-hydrogen) atoms. The zero-order valence-corrected chi connectivity index (χ0v) is 13.5. The van der Waals surface area contributed by atoms with E-state index in [1.165, 1.54) is 6.07 Å². The van der Waals surface area contributed by atoms with E-state index >= 15 is 0 Å². The maximum absolute atomic E-state index is 12.3. The highest BCUT2D eigenvalue weighted by atomic mass is 79.9. The van der Waals surface area contributed by atoms with Crippen LogP contribution in [0.3, 0.4) is 0 Å². The summed E-state index contributed by atoms with van der Waals surface area (Å²) in [6, 6.07) is 4.70. The molecule has 1 aliphatic carbocycles. The summed E-state index contributed by atoms with van der Waals surface area (Å²) in [4.78, 5) is 0.250. The van der Waals surface area contributed by atoms with Gasteiger partial charge in [-0.15, -0.1) is 0 Å². The molecule has 1 aromatic rings. The molecule has 0 radical (unpaired) electrons. The number of anilines is 1. The van der Waals surface area contributed by atoms with Crippen molar-refractivity contribution >= 4 is 31.6 Å². The van der Waals surface area contributed by atoms with Crippen LogP contribution >= 0.6 is 15.9 Å². The van der Waals surface area contributed by atoms with Gasteiger partial charge < -0.3 is 5.73 Å². The molecule has 6 heteroatoms. The minimum atomic E-state index is -3.47. The monoisotopic (exact) mass is 346 g/mol. The normalized spacial score (nSPS) is 27.6. The van der Waals surface area contributed by atoms with Crippen molar-refractivity contribution in [1.82, 2.24) is 4.72 Å². The minimum Gasteiger partial charge on any atom is -0.398 e. The molecule has 2 rings (SSSR count). The summed E-state index contributed by atoms with van der Waals surface area (Å²) in [5.74, 6) is 0.929. The first kappa shape index (κ1) is 14.8. The fourth-order valence-electron chi connectivity index (χ4n) is 2.47. The van der Waals surface area contributed by atoms with Crippen LogP contribution in [0.15, 0.2) is 27.6 Å². The number of halogens is 1. The molecule has 4 nitrogen and oxygen atoms in total. The molecule has 1 fully saturated rings. The molecule has 106 valence electrons. The van der Waals surface area contributed by atoms with Gasteiger partial charge in [-0.3, -0.25) is 0 Å². The van der Waals surface area contributed by atoms with Gasteiger partial charge in [0.25, 0.3) is 0 Å². The summed E-state index contributed by atoms with van der Waals surface area (Å²) in [7, 11) is -3.47. The molecule has 3 unspecified atom stereocenters. The van der Waals surface area contributed by atoms with Gasteiger partial charge in [0.1, 0.15) is 0 Å². The Labute approximate surface area is 122 Å². The first-order chi connectivity index (χ1) is 8.81. The summed E-state index contributed by atoms with van der Waals surface area (Å²) in [6.07, 6.45) is 1.97. The number of rotatable bonds is 3. The van der Waals surface area contributed by atoms with Gasteiger partial charge in [-0.1, -0.05) is 13.8 Å². The van der Waals surface area contributed by atoms with E-state index in [9.17, 15) is 8.42 Å². The van der Waals surface area contributed by atoms with Crippen molar-refractivity contribution < 1.29 is 8.42 Å². The lowest BCUT2D eigenvalue weighted by atomic mass is 9.98. The lowest BCUT2D eigenvalue weighted by molar-refractivity contribution is 0.402. The summed E-state index contributed by atoms with van der Waals surface area (Å²) in [5.41, 5.74) is 6.20. The molecular weight excluding hydrogens is 328 g/mol. The molecule has 0 amide bonds. The highest BCUT2D eigenvalue weighted by molar-refractivity contribution is 9.10. The minimum absolute atomic E-state index is 0.0244. The molecule has 0 aliphatic heterocycles. The van der Waals surface area contributed by atoms with Crippen molar-refractivity contribution in [3.8, 4) is 0 Å². The van der Waals surface area contributed by atoms with Crippen molar-refractivity contribution in [3.05, 3.63) is 22.7 Å². The number of nitrogens with two attached hydrogens (primary N) is 1. The molecule has 0 spiro atoms. The SMILES string of the molecule is CC1CCC(NS(=O)(=O)c2ccc(N)c(Br)c2)C1C. The predicted octanol–water partition coefficient (Wildman–Crippen LogP) is 2.74. The van der Waals surface area contributed by atoms with E-state index in [1.54, 1.807) is 12.1 Å². The van der Waals surface area contributed by atoms with E-state index < -0.39 is 10.0 Å². The van der Waals surface area contributed by atoms with E-state index in [4.69, 9.17) is 5.73 Å². The van der Waals surface area contributed by atoms with Gasteiger partial charge >= 0.3 is 0 Å². The molecule has 0 bridgehead atoms. The van der Waals surface area contributed by atoms with Gasteiger partial charge in [-0.2, -0.15) is 0 Å². The first-order valence-corrected chi connectivity index (χ1v) is 8.66. The number of nitrogens with one attached hydrogen (secondary N) is 1. The molecular formula is C13H19BrN2O2S. The Morgan fingerprint density at radius 1 is 1.32 bits per heavy atom. The smallest absolute Gasteiger partial charge is 0.240 e. The van der Waals surface area contributed by atoms with Gasteiger partial charge in [0.15, 0.2) is 0 Å². The Kier molecular flexibility index (Phi) is 4.23. The Bertz CT molecular complexity index is 574. The molecule has 0 heterocycles. The van der Waals surface area contributed by atoms with Crippen LogP contribution in [0.2, 0.25) is 0 Å². The lowest BCUT2D eigenvalue weighted by Gasteiger charge is -2.19. The Morgan fingerprint density at radius 2 is 2.00 bits per heavy atom. The van der Waals surface area contributed by atoms with Crippen molar-refractivity contribution in [1.29, 1.82) is 0 Å². The van der Waals surface area contributed by atoms with Crippen LogP contribution in [0.5, 0.6) is 0 Å². The summed E-state index contributed by atoms with van der Waals surface area (Å²) in [5, 5.41) is 0. The van der Waals surface area contributed by atoms with Crippen LogP contribution in [-0.2, 0) is 10.0 Å². The van der Waals surface area contributed by atoms with E-state index in [2.05, 4.69) is 34.5 Å². The molecule has 1 aromatic carbocycles. The maximum Gasteiger partial charge on any atom is 0.240 e. The molecule has 3 atom stereocenters. The zero-order valence-electron chi connectivity index (χ0n) is 11.1. The highest BCUT2D eigenvalue weighted by Crippen LogP contribution is 2.32. The Morgan fingerprint density at radius 3 is 2.53 bits per heavy atom. The van der Waals surface area contributed by atoms with Crippen molar-refractivity contribution in [2.75, 3.05) is 5.73 Å². The number of sulfonamides is 1. The standard InChI is InChI=1S/C13H19BrN2O2S/c1-8-3-6-13(9(8)2)16-19(17,18)10-4-5-12(15)11(14)7-10/h4-5,7-9,13,16H,3,6,15H2,1-2H3. The molecule has 1 aliphatic rings. The van der Waals surface area contributed by atoms with E-state index in [-0.39, 0.29) is 10.9 Å². The quantitative estimate of drug-likeness (QED) is 0.826. The van der Waals surface area contributed by atoms with Gasteiger partial charge in [0.2, 0.25) is 10.0 Å². The number of nitrogen functional groups attached to an aromatic ring is 1. The number of benzene rings is 1. The topological polar surface area (TPSA) is 72.2 Å². The first-order valence-electron chi connectivity index (χ1n) is 6.38. The van der Waals surface area contributed by atoms with Crippen molar-refractivity contribution in [2.45, 2.75) is 37.6 Å². The fourth-order valence-corrected chi connectivity index (χ4v) is 4.39. The van der Waals surface area contributed by atoms with Crippen LogP contribution in [0.4, 0.5) is 5.69 Å². The summed E-state index contributed by atoms with van der Waals surface area (Å²) in [6.45, 7) is 4.27. The lowest BCUT2D eigenvalue weighted by Crippen LogP contribution is -2.37. The maximum atomic E-state index is 12.3. The van der Waals surface area contributed by atoms with Crippen molar-refractivity contribution in [3.63, 3.8) is 0 Å². The van der Waals surface area contributed by atoms with E-state index in [1.807, 2.05) is 0 Å². The van der Waals surface area contributed by atoms with Crippen LogP contribution in [-0.4, -0.2) is 14.5 Å². The average molecular weight is 347 g/mol. The zero-order chi connectivity index (χ0) is 14.2. The van der Waals surface area contributed by atoms with Crippen LogP contribution in [0.25, 0.3) is 0 Å². The molecule has 0 saturated heterocycles. The molecule has 3 N–H and O–H groups in total. The van der Waals surface area contributed by atoms with Gasteiger partial charge in [-0.25, -0.2) is 13.1 Å². The third-order valence-corrected chi connectivity index (χ3v) is 6.23. The van der Waals surface area contributed by atoms with Gasteiger partial charge in [0, 0.05) is 16.2 Å². The van der Waals surface area contributed by atoms with Crippen molar-refractivity contribution in [2.24, 2.45) is 11.8 Å². The largest absolute Gasteiger partial charge is 0.398 e. The van der Waals surface area contributed by atoms with Gasteiger partial charge in [0.05, 0.1) is 4.90 Å². The Hall–Kier alpha value is -0.590. The van der Waals surface area contributed by atoms with Gasteiger partial charge in [-0.05, 0) is 58.8 Å². The predicted molar refractivity (Wildman–Crippen MR) is 80.2 cm³/mol. The van der Waals surface area contributed by atoms with E-state index in [0.717, 1.165) is 12.8 Å². The Balaban J connectivity index is 2.21. The second-order valence-electron chi connectivity index (χ2n) is 5.32. The second-order valence-corrected chi connectivity index (χ2v) is 7.89. The van der Waals surface area contributed by atoms with Crippen LogP contribution < -0.4 is 10.5 Å². The number of hydrogen-bond acceptors (Lipinski definition) is 3.